The van der Waals surface area contributed by atoms with Crippen LogP contribution in [0.25, 0.3) is 0 Å². The van der Waals surface area contributed by atoms with Gasteiger partial charge in [-0.15, -0.1) is 11.8 Å². The smallest absolute Gasteiger partial charge is 0.473 e. The van der Waals surface area contributed by atoms with E-state index >= 15 is 0 Å². The summed E-state index contributed by atoms with van der Waals surface area (Å²) < 4.78 is 24.2. The molecule has 9 nitrogen and oxygen atoms in total. The Morgan fingerprint density at radius 2 is 1.32 bits per heavy atom. The van der Waals surface area contributed by atoms with Crippen LogP contribution in [0.15, 0.2) is 0 Å². The molecule has 0 saturated carbocycles. The van der Waals surface area contributed by atoms with E-state index in [1.807, 2.05) is 28.1 Å². The monoisotopic (exact) mass is 625 g/mol. The van der Waals surface area contributed by atoms with E-state index in [-0.39, 0.29) is 18.9 Å². The van der Waals surface area contributed by atoms with Crippen molar-refractivity contribution in [3.05, 3.63) is 0 Å². The average molecular weight is 626 g/mol. The molecule has 0 aromatic rings. The Bertz CT molecular complexity index is 721. The van der Waals surface area contributed by atoms with Crippen LogP contribution in [-0.2, 0) is 23.2 Å². The van der Waals surface area contributed by atoms with E-state index in [4.69, 9.17) is 14.2 Å². The zero-order chi connectivity index (χ0) is 31.0. The summed E-state index contributed by atoms with van der Waals surface area (Å²) in [6, 6.07) is -0.430. The second-order valence-corrected chi connectivity index (χ2v) is 14.8. The second kappa shape index (κ2) is 24.8. The van der Waals surface area contributed by atoms with Crippen LogP contribution in [0.1, 0.15) is 129 Å². The van der Waals surface area contributed by atoms with Gasteiger partial charge in [-0.25, -0.2) is 4.57 Å². The summed E-state index contributed by atoms with van der Waals surface area (Å²) in [6.45, 7) is 4.70. The van der Waals surface area contributed by atoms with Crippen LogP contribution in [0.2, 0.25) is 0 Å². The second-order valence-electron chi connectivity index (χ2n) is 12.2. The molecular weight excluding hydrogens is 563 g/mol. The first-order valence-electron chi connectivity index (χ1n) is 15.9. The fraction of sp³-hybridized carbons (Fsp3) is 0.933. The molecule has 0 rings (SSSR count). The van der Waals surface area contributed by atoms with Gasteiger partial charge in [0.2, 0.25) is 5.91 Å². The van der Waals surface area contributed by atoms with Crippen molar-refractivity contribution in [2.24, 2.45) is 0 Å². The van der Waals surface area contributed by atoms with E-state index in [9.17, 15) is 19.0 Å². The predicted octanol–water partition coefficient (Wildman–Crippen LogP) is 7.52. The van der Waals surface area contributed by atoms with Gasteiger partial charge in [0.15, 0.2) is 0 Å². The van der Waals surface area contributed by atoms with Gasteiger partial charge in [0, 0.05) is 12.8 Å². The highest BCUT2D eigenvalue weighted by Crippen LogP contribution is 2.47. The van der Waals surface area contributed by atoms with Crippen LogP contribution >= 0.6 is 19.6 Å². The van der Waals surface area contributed by atoms with Crippen LogP contribution in [0.4, 0.5) is 0 Å². The van der Waals surface area contributed by atoms with Crippen molar-refractivity contribution in [1.82, 2.24) is 5.32 Å². The molecule has 0 aromatic heterocycles. The molecule has 2 unspecified atom stereocenters. The Morgan fingerprint density at radius 1 is 0.829 bits per heavy atom. The Kier molecular flexibility index (Phi) is 24.4. The molecule has 0 bridgehead atoms. The highest BCUT2D eigenvalue weighted by molar-refractivity contribution is 7.99. The number of carboxylic acids is 1. The molecule has 0 spiro atoms. The van der Waals surface area contributed by atoms with Crippen molar-refractivity contribution in [2.75, 3.05) is 40.0 Å². The Hall–Kier alpha value is -0.640. The van der Waals surface area contributed by atoms with Crippen molar-refractivity contribution < 1.29 is 37.7 Å². The number of rotatable bonds is 29. The Morgan fingerprint density at radius 3 is 1.83 bits per heavy atom. The normalized spacial score (nSPS) is 14.9. The average Bonchev–Trinajstić information content (AvgIpc) is 2.86. The number of carbonyl (C=O) groups excluding carboxylic acids is 1. The minimum absolute atomic E-state index is 0.0538. The molecule has 0 heterocycles. The third-order valence-electron chi connectivity index (χ3n) is 6.88. The third-order valence-corrected chi connectivity index (χ3v) is 9.38. The van der Waals surface area contributed by atoms with Crippen molar-refractivity contribution in [3.63, 3.8) is 0 Å². The lowest BCUT2D eigenvalue weighted by Gasteiger charge is -2.27. The lowest BCUT2D eigenvalue weighted by Crippen LogP contribution is -2.41. The van der Waals surface area contributed by atoms with E-state index in [0.29, 0.717) is 17.4 Å². The number of phosphoric ester groups is 1. The minimum atomic E-state index is -4.27. The number of carboxylic acid groups (broad SMARTS) is 1. The molecule has 0 aromatic carbocycles. The molecule has 0 fully saturated rings. The predicted molar refractivity (Wildman–Crippen MR) is 170 cm³/mol. The third kappa shape index (κ3) is 27.9. The number of nitrogens with one attached hydrogen (secondary N) is 1. The Balaban J connectivity index is 4.52. The van der Waals surface area contributed by atoms with Gasteiger partial charge in [-0.3, -0.25) is 18.6 Å². The Labute approximate surface area is 255 Å². The zero-order valence-corrected chi connectivity index (χ0v) is 28.5. The van der Waals surface area contributed by atoms with E-state index < -0.39 is 25.3 Å². The van der Waals surface area contributed by atoms with E-state index in [1.165, 1.54) is 37.4 Å². The van der Waals surface area contributed by atoms with Gasteiger partial charge in [-0.2, -0.15) is 0 Å². The number of amides is 1. The SMILES string of the molecule is CCCCCCCCCC(=O)N[C@H](C)C(OP(=O)(O)OCC[N+](C)(C)C)SCCCCCCCCCCCC(=O)O. The first-order chi connectivity index (χ1) is 19.4. The van der Waals surface area contributed by atoms with Crippen molar-refractivity contribution in [3.8, 4) is 0 Å². The largest absolute Gasteiger partial charge is 0.481 e. The molecule has 0 radical (unpaired) electrons. The molecule has 0 aliphatic rings. The molecule has 0 aliphatic carbocycles. The number of hydrogen-bond donors (Lipinski definition) is 3. The van der Waals surface area contributed by atoms with E-state index in [0.717, 1.165) is 82.8 Å². The van der Waals surface area contributed by atoms with Gasteiger partial charge in [0.1, 0.15) is 18.6 Å². The fourth-order valence-electron chi connectivity index (χ4n) is 4.31. The van der Waals surface area contributed by atoms with Gasteiger partial charge >= 0.3 is 13.8 Å². The molecule has 244 valence electrons. The minimum Gasteiger partial charge on any atom is -0.481 e. The molecule has 3 N–H and O–H groups in total. The maximum atomic E-state index is 12.7. The standard InChI is InChI=1S/C30H61N2O7PS/c1-6-7-8-9-13-16-19-22-28(33)31-27(2)30(39-40(36,37)38-25-24-32(3,4)5)41-26-21-18-15-12-10-11-14-17-20-23-29(34)35/h27,30H,6-26H2,1-5H3,(H2-,31,33,34,35,36,37)/p+1/t27-,30?/m1/s1. The summed E-state index contributed by atoms with van der Waals surface area (Å²) in [5.41, 5.74) is -0.682. The van der Waals surface area contributed by atoms with Gasteiger partial charge in [-0.05, 0) is 31.9 Å². The van der Waals surface area contributed by atoms with E-state index in [2.05, 4.69) is 12.2 Å². The summed E-state index contributed by atoms with van der Waals surface area (Å²) >= 11 is 1.46. The van der Waals surface area contributed by atoms with Crippen molar-refractivity contribution >= 4 is 31.5 Å². The van der Waals surface area contributed by atoms with Crippen LogP contribution in [0, 0.1) is 0 Å². The summed E-state index contributed by atoms with van der Waals surface area (Å²) in [5, 5.41) is 11.7. The first-order valence-corrected chi connectivity index (χ1v) is 18.5. The number of likely N-dealkylation sites (N-methyl/N-ethyl adjacent to an activating group) is 1. The number of nitrogens with zero attached hydrogens (tertiary/aromatic N) is 1. The van der Waals surface area contributed by atoms with Gasteiger partial charge < -0.3 is 19.8 Å². The number of aliphatic carboxylic acids is 1. The van der Waals surface area contributed by atoms with Crippen molar-refractivity contribution in [1.29, 1.82) is 0 Å². The summed E-state index contributed by atoms with van der Waals surface area (Å²) in [5.74, 6) is -0.0108. The van der Waals surface area contributed by atoms with Gasteiger partial charge in [0.25, 0.3) is 0 Å². The number of hydrogen-bond acceptors (Lipinski definition) is 6. The number of thioether (sulfide) groups is 1. The first kappa shape index (κ1) is 40.4. The lowest BCUT2D eigenvalue weighted by molar-refractivity contribution is -0.870. The molecular formula is C30H62N2O7PS+. The van der Waals surface area contributed by atoms with Crippen LogP contribution in [0.5, 0.6) is 0 Å². The quantitative estimate of drug-likeness (QED) is 0.0338. The topological polar surface area (TPSA) is 122 Å². The van der Waals surface area contributed by atoms with Crippen LogP contribution in [-0.4, -0.2) is 77.9 Å². The van der Waals surface area contributed by atoms with E-state index in [1.54, 1.807) is 0 Å². The summed E-state index contributed by atoms with van der Waals surface area (Å²) in [7, 11) is 1.67. The van der Waals surface area contributed by atoms with Crippen LogP contribution < -0.4 is 5.32 Å². The fourth-order valence-corrected chi connectivity index (χ4v) is 6.66. The highest BCUT2D eigenvalue weighted by atomic mass is 32.2. The number of carbonyl (C=O) groups is 2. The number of unbranched alkanes of at least 4 members (excludes halogenated alkanes) is 14. The van der Waals surface area contributed by atoms with Crippen molar-refractivity contribution in [2.45, 2.75) is 141 Å². The maximum absolute atomic E-state index is 12.7. The van der Waals surface area contributed by atoms with Gasteiger partial charge in [-0.1, -0.05) is 90.4 Å². The lowest BCUT2D eigenvalue weighted by atomic mass is 10.1. The summed E-state index contributed by atoms with van der Waals surface area (Å²) in [4.78, 5) is 33.5. The zero-order valence-electron chi connectivity index (χ0n) is 26.7. The maximum Gasteiger partial charge on any atom is 0.473 e. The molecule has 3 atom stereocenters. The highest BCUT2D eigenvalue weighted by Gasteiger charge is 2.31. The molecule has 1 amide bonds. The summed E-state index contributed by atoms with van der Waals surface area (Å²) in [6.07, 6.45) is 18.1. The molecule has 0 saturated heterocycles. The molecule has 0 aliphatic heterocycles. The van der Waals surface area contributed by atoms with Crippen LogP contribution in [0.3, 0.4) is 0 Å². The number of quaternary nitrogens is 1. The number of phosphoric acid groups is 1. The van der Waals surface area contributed by atoms with Gasteiger partial charge in [0.05, 0.1) is 27.2 Å². The molecule has 41 heavy (non-hydrogen) atoms. The molecule has 11 heteroatoms.